The third-order valence-corrected chi connectivity index (χ3v) is 5.91. The number of nitrogens with zero attached hydrogens (tertiary/aromatic N) is 3. The maximum Gasteiger partial charge on any atom is 0.407 e. The molecule has 3 aromatic rings. The van der Waals surface area contributed by atoms with E-state index in [9.17, 15) is 9.59 Å². The van der Waals surface area contributed by atoms with Crippen molar-refractivity contribution in [2.45, 2.75) is 16.7 Å². The van der Waals surface area contributed by atoms with Crippen LogP contribution in [0.4, 0.5) is 4.79 Å². The fraction of sp³-hybridized carbons (Fsp3) is 0.200. The van der Waals surface area contributed by atoms with Crippen LogP contribution in [0.25, 0.3) is 0 Å². The Balaban J connectivity index is 1.48. The van der Waals surface area contributed by atoms with Crippen LogP contribution in [0.2, 0.25) is 0 Å². The highest BCUT2D eigenvalue weighted by atomic mass is 32.2. The Labute approximate surface area is 176 Å². The molecule has 3 rings (SSSR count). The number of aryl methyl sites for hydroxylation is 1. The zero-order valence-corrected chi connectivity index (χ0v) is 17.4. The Morgan fingerprint density at radius 3 is 2.45 bits per heavy atom. The van der Waals surface area contributed by atoms with Gasteiger partial charge in [-0.25, -0.2) is 9.48 Å². The van der Waals surface area contributed by atoms with Crippen LogP contribution >= 0.6 is 23.1 Å². The first kappa shape index (κ1) is 20.8. The molecule has 0 aliphatic rings. The minimum absolute atomic E-state index is 0.143. The Morgan fingerprint density at radius 2 is 1.76 bits per heavy atom. The van der Waals surface area contributed by atoms with Gasteiger partial charge in [-0.2, -0.15) is 10.1 Å². The molecular weight excluding hydrogens is 408 g/mol. The van der Waals surface area contributed by atoms with Crippen molar-refractivity contribution in [2.75, 3.05) is 6.54 Å². The van der Waals surface area contributed by atoms with E-state index in [0.717, 1.165) is 15.7 Å². The molecule has 9 heteroatoms. The molecule has 0 saturated carbocycles. The maximum absolute atomic E-state index is 12.1. The van der Waals surface area contributed by atoms with Crippen LogP contribution in [0.3, 0.4) is 0 Å². The van der Waals surface area contributed by atoms with E-state index in [0.29, 0.717) is 4.80 Å². The van der Waals surface area contributed by atoms with Crippen molar-refractivity contribution in [2.24, 2.45) is 12.0 Å². The van der Waals surface area contributed by atoms with Crippen molar-refractivity contribution in [3.63, 3.8) is 0 Å². The van der Waals surface area contributed by atoms with E-state index >= 15 is 0 Å². The zero-order chi connectivity index (χ0) is 20.5. The lowest BCUT2D eigenvalue weighted by Gasteiger charge is -2.05. The first-order valence-electron chi connectivity index (χ1n) is 8.83. The van der Waals surface area contributed by atoms with Gasteiger partial charge in [-0.05, 0) is 11.1 Å². The molecule has 0 atom stereocenters. The van der Waals surface area contributed by atoms with Crippen LogP contribution in [-0.2, 0) is 28.9 Å². The number of carbonyl (C=O) groups excluding carboxylic acids is 2. The molecule has 150 valence electrons. The Kier molecular flexibility index (Phi) is 7.60. The summed E-state index contributed by atoms with van der Waals surface area (Å²) < 4.78 is 7.45. The predicted molar refractivity (Wildman–Crippen MR) is 112 cm³/mol. The number of aromatic nitrogens is 2. The lowest BCUT2D eigenvalue weighted by Crippen LogP contribution is -2.30. The fourth-order valence-electron chi connectivity index (χ4n) is 2.27. The van der Waals surface area contributed by atoms with Gasteiger partial charge in [0.15, 0.2) is 4.34 Å². The van der Waals surface area contributed by atoms with Crippen molar-refractivity contribution in [1.82, 2.24) is 15.1 Å². The minimum Gasteiger partial charge on any atom is -0.445 e. The standard InChI is InChI=1S/C20H20N4O3S2/c1-24-18(29-20(23-24)28-14-16-10-6-3-7-11-16)22-17(25)12-21-19(26)27-13-15-8-4-2-5-9-15/h2-11H,12-14H2,1H3,(H,21,26). The van der Waals surface area contributed by atoms with E-state index in [-0.39, 0.29) is 13.2 Å². The molecule has 29 heavy (non-hydrogen) atoms. The minimum atomic E-state index is -0.662. The summed E-state index contributed by atoms with van der Waals surface area (Å²) in [6.07, 6.45) is -0.662. The second kappa shape index (κ2) is 10.6. The second-order valence-corrected chi connectivity index (χ2v) is 8.15. The number of ether oxygens (including phenoxy) is 1. The summed E-state index contributed by atoms with van der Waals surface area (Å²) in [5.74, 6) is 0.317. The number of rotatable bonds is 7. The van der Waals surface area contributed by atoms with Gasteiger partial charge in [-0.15, -0.1) is 0 Å². The van der Waals surface area contributed by atoms with Crippen molar-refractivity contribution in [3.05, 3.63) is 76.6 Å². The number of benzene rings is 2. The van der Waals surface area contributed by atoms with E-state index < -0.39 is 12.0 Å². The van der Waals surface area contributed by atoms with Crippen molar-refractivity contribution in [1.29, 1.82) is 0 Å². The molecular formula is C20H20N4O3S2. The first-order valence-corrected chi connectivity index (χ1v) is 10.6. The van der Waals surface area contributed by atoms with Gasteiger partial charge in [0.05, 0.1) is 0 Å². The largest absolute Gasteiger partial charge is 0.445 e. The van der Waals surface area contributed by atoms with E-state index in [2.05, 4.69) is 27.5 Å². The summed E-state index contributed by atoms with van der Waals surface area (Å²) in [5, 5.41) is 6.79. The van der Waals surface area contributed by atoms with Gasteiger partial charge in [0.1, 0.15) is 13.2 Å². The summed E-state index contributed by atoms with van der Waals surface area (Å²) in [4.78, 5) is 28.3. The zero-order valence-electron chi connectivity index (χ0n) is 15.8. The fourth-order valence-corrected chi connectivity index (χ4v) is 4.21. The van der Waals surface area contributed by atoms with Crippen LogP contribution in [0.15, 0.2) is 70.0 Å². The van der Waals surface area contributed by atoms with Crippen LogP contribution in [-0.4, -0.2) is 28.3 Å². The second-order valence-electron chi connectivity index (χ2n) is 5.97. The average Bonchev–Trinajstić information content (AvgIpc) is 3.10. The Morgan fingerprint density at radius 1 is 1.10 bits per heavy atom. The number of carbonyl (C=O) groups is 2. The third-order valence-electron chi connectivity index (χ3n) is 3.71. The van der Waals surface area contributed by atoms with Crippen molar-refractivity contribution >= 4 is 35.1 Å². The molecule has 0 saturated heterocycles. The average molecular weight is 429 g/mol. The van der Waals surface area contributed by atoms with Gasteiger partial charge < -0.3 is 10.1 Å². The summed E-state index contributed by atoms with van der Waals surface area (Å²) in [6.45, 7) is -0.0954. The highest BCUT2D eigenvalue weighted by Crippen LogP contribution is 2.22. The summed E-state index contributed by atoms with van der Waals surface area (Å²) in [6, 6.07) is 19.4. The normalized spacial score (nSPS) is 11.3. The highest BCUT2D eigenvalue weighted by molar-refractivity contribution is 8.00. The monoisotopic (exact) mass is 428 g/mol. The highest BCUT2D eigenvalue weighted by Gasteiger charge is 2.08. The molecule has 2 aromatic carbocycles. The molecule has 7 nitrogen and oxygen atoms in total. The maximum atomic E-state index is 12.1. The lowest BCUT2D eigenvalue weighted by molar-refractivity contribution is -0.117. The summed E-state index contributed by atoms with van der Waals surface area (Å²) in [5.41, 5.74) is 2.07. The van der Waals surface area contributed by atoms with Gasteiger partial charge >= 0.3 is 6.09 Å². The van der Waals surface area contributed by atoms with Gasteiger partial charge in [-0.3, -0.25) is 4.79 Å². The molecule has 0 spiro atoms. The molecule has 0 bridgehead atoms. The molecule has 1 aromatic heterocycles. The van der Waals surface area contributed by atoms with E-state index in [1.807, 2.05) is 48.5 Å². The number of hydrogen-bond acceptors (Lipinski definition) is 6. The van der Waals surface area contributed by atoms with Crippen molar-refractivity contribution in [3.8, 4) is 0 Å². The molecule has 0 fully saturated rings. The number of alkyl carbamates (subject to hydrolysis) is 1. The molecule has 1 N–H and O–H groups in total. The van der Waals surface area contributed by atoms with Gasteiger partial charge in [-0.1, -0.05) is 83.8 Å². The van der Waals surface area contributed by atoms with E-state index in [1.54, 1.807) is 23.5 Å². The van der Waals surface area contributed by atoms with Crippen LogP contribution in [0.5, 0.6) is 0 Å². The van der Waals surface area contributed by atoms with Crippen molar-refractivity contribution < 1.29 is 14.3 Å². The molecule has 2 amide bonds. The molecule has 0 aliphatic heterocycles. The third kappa shape index (κ3) is 6.88. The first-order chi connectivity index (χ1) is 14.1. The summed E-state index contributed by atoms with van der Waals surface area (Å²) >= 11 is 2.92. The SMILES string of the molecule is Cn1nc(SCc2ccccc2)sc1=NC(=O)CNC(=O)OCc1ccccc1. The number of thioether (sulfide) groups is 1. The number of hydrogen-bond donors (Lipinski definition) is 1. The molecule has 1 heterocycles. The quantitative estimate of drug-likeness (QED) is 0.585. The van der Waals surface area contributed by atoms with Crippen LogP contribution in [0, 0.1) is 0 Å². The van der Waals surface area contributed by atoms with Gasteiger partial charge in [0.25, 0.3) is 5.91 Å². The number of amides is 2. The van der Waals surface area contributed by atoms with E-state index in [1.165, 1.54) is 16.9 Å². The molecule has 0 aliphatic carbocycles. The topological polar surface area (TPSA) is 85.6 Å². The summed E-state index contributed by atoms with van der Waals surface area (Å²) in [7, 11) is 1.73. The van der Waals surface area contributed by atoms with E-state index in [4.69, 9.17) is 4.74 Å². The van der Waals surface area contributed by atoms with Crippen LogP contribution in [0.1, 0.15) is 11.1 Å². The van der Waals surface area contributed by atoms with Crippen LogP contribution < -0.4 is 10.1 Å². The Hall–Kier alpha value is -2.91. The number of nitrogens with one attached hydrogen (secondary N) is 1. The lowest BCUT2D eigenvalue weighted by atomic mass is 10.2. The molecule has 0 unspecified atom stereocenters. The van der Waals surface area contributed by atoms with Gasteiger partial charge in [0.2, 0.25) is 4.80 Å². The molecule has 0 radical (unpaired) electrons. The predicted octanol–water partition coefficient (Wildman–Crippen LogP) is 3.13. The smallest absolute Gasteiger partial charge is 0.407 e. The Bertz CT molecular complexity index is 1020. The van der Waals surface area contributed by atoms with Gasteiger partial charge in [0, 0.05) is 12.8 Å².